The van der Waals surface area contributed by atoms with Gasteiger partial charge < -0.3 is 25.1 Å². The van der Waals surface area contributed by atoms with E-state index in [-0.39, 0.29) is 24.8 Å². The summed E-state index contributed by atoms with van der Waals surface area (Å²) < 4.78 is 12.2. The molecule has 9 heteroatoms. The average molecular weight is 424 g/mol. The molecule has 2 heterocycles. The summed E-state index contributed by atoms with van der Waals surface area (Å²) >= 11 is 0. The number of aromatic nitrogens is 2. The van der Waals surface area contributed by atoms with Crippen LogP contribution in [-0.2, 0) is 19.1 Å². The molecule has 1 saturated heterocycles. The van der Waals surface area contributed by atoms with Crippen molar-refractivity contribution in [2.45, 2.75) is 89.1 Å². The molecule has 1 aromatic rings. The third-order valence-electron chi connectivity index (χ3n) is 5.23. The van der Waals surface area contributed by atoms with Gasteiger partial charge in [-0.25, -0.2) is 4.79 Å². The maximum atomic E-state index is 11.9. The molecule has 3 N–H and O–H groups in total. The fourth-order valence-corrected chi connectivity index (χ4v) is 3.49. The molecule has 0 aliphatic carbocycles. The molecule has 0 unspecified atom stereocenters. The van der Waals surface area contributed by atoms with Crippen molar-refractivity contribution >= 4 is 18.1 Å². The maximum absolute atomic E-state index is 11.9. The summed E-state index contributed by atoms with van der Waals surface area (Å²) in [6, 6.07) is 1.48. The quantitative estimate of drug-likeness (QED) is 0.264. The number of ether oxygens (including phenoxy) is 2. The highest BCUT2D eigenvalue weighted by Crippen LogP contribution is 2.28. The Morgan fingerprint density at radius 1 is 1.23 bits per heavy atom. The number of hydrogen-bond donors (Lipinski definition) is 2. The Kier molecular flexibility index (Phi) is 10.5. The summed E-state index contributed by atoms with van der Waals surface area (Å²) in [4.78, 5) is 37.7. The first kappa shape index (κ1) is 24.0. The number of aldehydes is 1. The van der Waals surface area contributed by atoms with Gasteiger partial charge in [0.15, 0.2) is 0 Å². The van der Waals surface area contributed by atoms with Crippen LogP contribution in [0, 0.1) is 0 Å². The van der Waals surface area contributed by atoms with E-state index in [0.29, 0.717) is 12.8 Å². The number of rotatable bonds is 14. The first-order chi connectivity index (χ1) is 14.5. The van der Waals surface area contributed by atoms with Crippen LogP contribution in [0.5, 0.6) is 0 Å². The largest absolute Gasteiger partial charge is 0.463 e. The molecule has 1 aliphatic rings. The van der Waals surface area contributed by atoms with Gasteiger partial charge in [0.2, 0.25) is 0 Å². The number of anilines is 1. The molecule has 0 amide bonds. The molecule has 2 rings (SSSR count). The maximum Gasteiger partial charge on any atom is 0.351 e. The smallest absolute Gasteiger partial charge is 0.351 e. The first-order valence-corrected chi connectivity index (χ1v) is 10.8. The third kappa shape index (κ3) is 8.23. The summed E-state index contributed by atoms with van der Waals surface area (Å²) in [6.45, 7) is -0.0472. The van der Waals surface area contributed by atoms with Crippen LogP contribution in [0.4, 0.5) is 5.82 Å². The number of nitrogen functional groups attached to an aromatic ring is 1. The van der Waals surface area contributed by atoms with E-state index in [9.17, 15) is 19.5 Å². The van der Waals surface area contributed by atoms with E-state index < -0.39 is 24.1 Å². The molecule has 0 saturated carbocycles. The molecule has 0 bridgehead atoms. The monoisotopic (exact) mass is 423 g/mol. The van der Waals surface area contributed by atoms with E-state index in [0.717, 1.165) is 57.7 Å². The Bertz CT molecular complexity index is 723. The van der Waals surface area contributed by atoms with Gasteiger partial charge in [-0.15, -0.1) is 0 Å². The second kappa shape index (κ2) is 13.1. The lowest BCUT2D eigenvalue weighted by molar-refractivity contribution is -0.150. The Morgan fingerprint density at radius 3 is 2.57 bits per heavy atom. The number of aliphatic hydroxyl groups is 1. The molecular weight excluding hydrogens is 390 g/mol. The summed E-state index contributed by atoms with van der Waals surface area (Å²) in [5, 5.41) is 10.1. The highest BCUT2D eigenvalue weighted by molar-refractivity contribution is 5.69. The topological polar surface area (TPSA) is 134 Å². The SMILES string of the molecule is Nc1ccn([C@H]2C[C@H](O)[C@@H](COC(=O)CCCCCCCCCCC=O)O2)c(=O)n1. The average Bonchev–Trinajstić information content (AvgIpc) is 3.08. The Labute approximate surface area is 176 Å². The standard InChI is InChI=1S/C21H33N3O6/c22-18-11-12-24(21(28)23-18)19-14-16(26)17(30-19)15-29-20(27)10-8-6-4-2-1-3-5-7-9-13-25/h11-13,16-17,19,26H,1-10,14-15H2,(H2,22,23,28)/t16-,17+,19+/m0/s1. The van der Waals surface area contributed by atoms with Gasteiger partial charge in [0.25, 0.3) is 0 Å². The Morgan fingerprint density at radius 2 is 1.90 bits per heavy atom. The van der Waals surface area contributed by atoms with Crippen molar-refractivity contribution in [1.82, 2.24) is 9.55 Å². The van der Waals surface area contributed by atoms with Gasteiger partial charge in [-0.1, -0.05) is 38.5 Å². The van der Waals surface area contributed by atoms with E-state index in [1.54, 1.807) is 0 Å². The highest BCUT2D eigenvalue weighted by atomic mass is 16.6. The zero-order chi connectivity index (χ0) is 21.8. The number of carbonyl (C=O) groups excluding carboxylic acids is 2. The minimum atomic E-state index is -0.834. The van der Waals surface area contributed by atoms with Crippen molar-refractivity contribution in [3.8, 4) is 0 Å². The number of carbonyl (C=O) groups is 2. The van der Waals surface area contributed by atoms with Crippen molar-refractivity contribution in [3.63, 3.8) is 0 Å². The van der Waals surface area contributed by atoms with Crippen molar-refractivity contribution in [1.29, 1.82) is 0 Å². The third-order valence-corrected chi connectivity index (χ3v) is 5.23. The van der Waals surface area contributed by atoms with Crippen molar-refractivity contribution in [2.75, 3.05) is 12.3 Å². The van der Waals surface area contributed by atoms with E-state index in [1.807, 2.05) is 0 Å². The first-order valence-electron chi connectivity index (χ1n) is 10.8. The molecule has 9 nitrogen and oxygen atoms in total. The predicted molar refractivity (Wildman–Crippen MR) is 111 cm³/mol. The molecule has 0 spiro atoms. The van der Waals surface area contributed by atoms with Gasteiger partial charge in [-0.05, 0) is 18.9 Å². The Hall–Kier alpha value is -2.26. The van der Waals surface area contributed by atoms with Crippen LogP contribution in [-0.4, -0.2) is 45.7 Å². The van der Waals surface area contributed by atoms with Crippen molar-refractivity contribution < 1.29 is 24.2 Å². The number of esters is 1. The molecule has 1 aromatic heterocycles. The summed E-state index contributed by atoms with van der Waals surface area (Å²) in [7, 11) is 0. The van der Waals surface area contributed by atoms with Crippen LogP contribution >= 0.6 is 0 Å². The van der Waals surface area contributed by atoms with E-state index in [2.05, 4.69) is 4.98 Å². The number of nitrogens with two attached hydrogens (primary N) is 1. The van der Waals surface area contributed by atoms with Gasteiger partial charge in [0.1, 0.15) is 31.0 Å². The fourth-order valence-electron chi connectivity index (χ4n) is 3.49. The minimum Gasteiger partial charge on any atom is -0.463 e. The number of hydrogen-bond acceptors (Lipinski definition) is 8. The molecule has 168 valence electrons. The second-order valence-electron chi connectivity index (χ2n) is 7.69. The normalized spacial score (nSPS) is 20.9. The predicted octanol–water partition coefficient (Wildman–Crippen LogP) is 2.12. The Balaban J connectivity index is 1.56. The molecule has 0 aromatic carbocycles. The van der Waals surface area contributed by atoms with E-state index in [1.165, 1.54) is 16.8 Å². The lowest BCUT2D eigenvalue weighted by Crippen LogP contribution is -2.29. The number of unbranched alkanes of at least 4 members (excludes halogenated alkanes) is 8. The number of aliphatic hydroxyl groups excluding tert-OH is 1. The highest BCUT2D eigenvalue weighted by Gasteiger charge is 2.36. The van der Waals surface area contributed by atoms with Gasteiger partial charge >= 0.3 is 11.7 Å². The molecule has 0 radical (unpaired) electrons. The molecule has 1 aliphatic heterocycles. The molecule has 3 atom stereocenters. The van der Waals surface area contributed by atoms with Crippen LogP contribution in [0.25, 0.3) is 0 Å². The lowest BCUT2D eigenvalue weighted by Gasteiger charge is -2.16. The summed E-state index contributed by atoms with van der Waals surface area (Å²) in [5.74, 6) is -0.190. The van der Waals surface area contributed by atoms with Gasteiger partial charge in [0.05, 0.1) is 6.10 Å². The van der Waals surface area contributed by atoms with Gasteiger partial charge in [-0.3, -0.25) is 9.36 Å². The molecular formula is C21H33N3O6. The zero-order valence-corrected chi connectivity index (χ0v) is 17.4. The van der Waals surface area contributed by atoms with Crippen LogP contribution in [0.2, 0.25) is 0 Å². The second-order valence-corrected chi connectivity index (χ2v) is 7.69. The van der Waals surface area contributed by atoms with Crippen LogP contribution in [0.3, 0.4) is 0 Å². The van der Waals surface area contributed by atoms with Crippen molar-refractivity contribution in [2.24, 2.45) is 0 Å². The summed E-state index contributed by atoms with van der Waals surface area (Å²) in [6.07, 6.45) is 9.82. The van der Waals surface area contributed by atoms with E-state index >= 15 is 0 Å². The van der Waals surface area contributed by atoms with Crippen LogP contribution in [0.1, 0.15) is 76.9 Å². The van der Waals surface area contributed by atoms with Crippen molar-refractivity contribution in [3.05, 3.63) is 22.7 Å². The van der Waals surface area contributed by atoms with E-state index in [4.69, 9.17) is 15.2 Å². The molecule has 30 heavy (non-hydrogen) atoms. The van der Waals surface area contributed by atoms with Gasteiger partial charge in [0, 0.05) is 25.5 Å². The van der Waals surface area contributed by atoms with Crippen LogP contribution < -0.4 is 11.4 Å². The lowest BCUT2D eigenvalue weighted by atomic mass is 10.1. The van der Waals surface area contributed by atoms with Gasteiger partial charge in [-0.2, -0.15) is 4.98 Å². The molecule has 1 fully saturated rings. The fraction of sp³-hybridized carbons (Fsp3) is 0.714. The number of nitrogens with zero attached hydrogens (tertiary/aromatic N) is 2. The minimum absolute atomic E-state index is 0.0472. The zero-order valence-electron chi connectivity index (χ0n) is 17.4. The summed E-state index contributed by atoms with van der Waals surface area (Å²) in [5.41, 5.74) is 4.93. The van der Waals surface area contributed by atoms with Crippen LogP contribution in [0.15, 0.2) is 17.1 Å².